The number of halogens is 1. The number of guanidine groups is 1. The Hall–Kier alpha value is -0.130. The lowest BCUT2D eigenvalue weighted by Crippen LogP contribution is -2.41. The van der Waals surface area contributed by atoms with E-state index in [4.69, 9.17) is 9.47 Å². The van der Waals surface area contributed by atoms with Crippen LogP contribution in [0.4, 0.5) is 0 Å². The fraction of sp³-hybridized carbons (Fsp3) is 0.933. The van der Waals surface area contributed by atoms with Crippen molar-refractivity contribution in [2.45, 2.75) is 44.5 Å². The molecule has 9 heteroatoms. The van der Waals surface area contributed by atoms with Gasteiger partial charge in [0.25, 0.3) is 0 Å². The second kappa shape index (κ2) is 11.5. The number of aliphatic imine (C=N–C) groups is 1. The van der Waals surface area contributed by atoms with E-state index < -0.39 is 14.6 Å². The summed E-state index contributed by atoms with van der Waals surface area (Å²) in [6, 6.07) is 0. The first-order valence-electron chi connectivity index (χ1n) is 8.17. The smallest absolute Gasteiger partial charge is 0.191 e. The van der Waals surface area contributed by atoms with Gasteiger partial charge in [-0.25, -0.2) is 8.42 Å². The third-order valence-corrected chi connectivity index (χ3v) is 5.96. The van der Waals surface area contributed by atoms with Crippen molar-refractivity contribution >= 4 is 39.8 Å². The lowest BCUT2D eigenvalue weighted by molar-refractivity contribution is 0.0420. The van der Waals surface area contributed by atoms with Crippen molar-refractivity contribution in [2.24, 2.45) is 4.99 Å². The summed E-state index contributed by atoms with van der Waals surface area (Å²) in [5.41, 5.74) is 0. The van der Waals surface area contributed by atoms with E-state index in [1.54, 1.807) is 13.8 Å². The van der Waals surface area contributed by atoms with Gasteiger partial charge >= 0.3 is 0 Å². The molecule has 0 radical (unpaired) electrons. The molecule has 1 fully saturated rings. The highest BCUT2D eigenvalue weighted by molar-refractivity contribution is 14.0. The summed E-state index contributed by atoms with van der Waals surface area (Å²) < 4.78 is 33.5. The summed E-state index contributed by atoms with van der Waals surface area (Å²) in [4.78, 5) is 4.38. The van der Waals surface area contributed by atoms with E-state index in [1.165, 1.54) is 6.26 Å². The van der Waals surface area contributed by atoms with E-state index in [1.807, 2.05) is 6.92 Å². The quantitative estimate of drug-likeness (QED) is 0.225. The van der Waals surface area contributed by atoms with Crippen molar-refractivity contribution in [3.05, 3.63) is 0 Å². The molecule has 1 aliphatic heterocycles. The largest absolute Gasteiger partial charge is 0.379 e. The third-order valence-electron chi connectivity index (χ3n) is 3.82. The van der Waals surface area contributed by atoms with E-state index in [-0.39, 0.29) is 36.6 Å². The Balaban J connectivity index is 0.00000529. The Labute approximate surface area is 163 Å². The minimum Gasteiger partial charge on any atom is -0.379 e. The number of hydrogen-bond donors (Lipinski definition) is 2. The number of nitrogens with zero attached hydrogens (tertiary/aromatic N) is 1. The molecule has 0 aromatic carbocycles. The lowest BCUT2D eigenvalue weighted by Gasteiger charge is -2.21. The predicted molar refractivity (Wildman–Crippen MR) is 108 cm³/mol. The van der Waals surface area contributed by atoms with E-state index in [0.717, 1.165) is 32.5 Å². The minimum absolute atomic E-state index is 0. The molecule has 1 heterocycles. The van der Waals surface area contributed by atoms with E-state index in [2.05, 4.69) is 15.6 Å². The Bertz CT molecular complexity index is 477. The maximum atomic E-state index is 11.7. The Morgan fingerprint density at radius 2 is 2.08 bits per heavy atom. The van der Waals surface area contributed by atoms with Gasteiger partial charge in [0.1, 0.15) is 0 Å². The Morgan fingerprint density at radius 3 is 2.62 bits per heavy atom. The first-order valence-corrected chi connectivity index (χ1v) is 10.1. The molecule has 0 amide bonds. The number of sulfone groups is 1. The standard InChI is InChI=1S/C15H31N3O4S.HI/c1-5-16-14(18-12-15(2,3)23(4,19)20)17-8-6-9-22-13-7-10-21-11-13;/h13H,5-12H2,1-4H3,(H2,16,17,18);1H. The van der Waals surface area contributed by atoms with Gasteiger partial charge in [-0.15, -0.1) is 24.0 Å². The summed E-state index contributed by atoms with van der Waals surface area (Å²) in [5.74, 6) is 0.633. The van der Waals surface area contributed by atoms with Crippen LogP contribution >= 0.6 is 24.0 Å². The van der Waals surface area contributed by atoms with Crippen molar-refractivity contribution in [2.75, 3.05) is 45.7 Å². The fourth-order valence-electron chi connectivity index (χ4n) is 1.90. The summed E-state index contributed by atoms with van der Waals surface area (Å²) in [7, 11) is -3.15. The van der Waals surface area contributed by atoms with Gasteiger partial charge in [-0.05, 0) is 33.6 Å². The molecule has 0 aromatic rings. The molecule has 1 atom stereocenters. The van der Waals surface area contributed by atoms with Crippen molar-refractivity contribution < 1.29 is 17.9 Å². The highest BCUT2D eigenvalue weighted by Gasteiger charge is 2.29. The molecule has 7 nitrogen and oxygen atoms in total. The molecule has 1 rings (SSSR count). The van der Waals surface area contributed by atoms with Crippen molar-refractivity contribution in [3.63, 3.8) is 0 Å². The van der Waals surface area contributed by atoms with Crippen molar-refractivity contribution in [3.8, 4) is 0 Å². The van der Waals surface area contributed by atoms with Crippen LogP contribution in [0.1, 0.15) is 33.6 Å². The first kappa shape index (κ1) is 23.9. The maximum absolute atomic E-state index is 11.7. The van der Waals surface area contributed by atoms with Crippen LogP contribution in [0.5, 0.6) is 0 Å². The highest BCUT2D eigenvalue weighted by atomic mass is 127. The SMILES string of the molecule is CCNC(=NCC(C)(C)S(C)(=O)=O)NCCCOC1CCOC1.I. The van der Waals surface area contributed by atoms with Gasteiger partial charge in [0.2, 0.25) is 0 Å². The second-order valence-electron chi connectivity index (χ2n) is 6.36. The highest BCUT2D eigenvalue weighted by Crippen LogP contribution is 2.15. The number of hydrogen-bond acceptors (Lipinski definition) is 5. The molecule has 1 saturated heterocycles. The van der Waals surface area contributed by atoms with E-state index >= 15 is 0 Å². The van der Waals surface area contributed by atoms with Crippen molar-refractivity contribution in [1.82, 2.24) is 10.6 Å². The number of nitrogens with one attached hydrogen (secondary N) is 2. The molecule has 2 N–H and O–H groups in total. The molecule has 0 saturated carbocycles. The zero-order chi connectivity index (χ0) is 17.3. The fourth-order valence-corrected chi connectivity index (χ4v) is 2.20. The molecular weight excluding hydrogens is 445 g/mol. The average molecular weight is 477 g/mol. The first-order chi connectivity index (χ1) is 10.8. The zero-order valence-corrected chi connectivity index (χ0v) is 18.3. The Kier molecular flexibility index (Phi) is 11.4. The molecule has 0 aliphatic carbocycles. The molecule has 1 aliphatic rings. The van der Waals surface area contributed by atoms with Gasteiger partial charge in [-0.1, -0.05) is 0 Å². The molecule has 144 valence electrons. The van der Waals surface area contributed by atoms with E-state index in [9.17, 15) is 8.42 Å². The molecule has 0 bridgehead atoms. The van der Waals surface area contributed by atoms with Crippen LogP contribution in [-0.4, -0.2) is 70.9 Å². The monoisotopic (exact) mass is 477 g/mol. The second-order valence-corrected chi connectivity index (χ2v) is 9.01. The normalized spacial score (nSPS) is 19.0. The van der Waals surface area contributed by atoms with Crippen LogP contribution in [0.25, 0.3) is 0 Å². The molecule has 0 spiro atoms. The minimum atomic E-state index is -3.15. The van der Waals surface area contributed by atoms with Crippen LogP contribution < -0.4 is 10.6 Å². The summed E-state index contributed by atoms with van der Waals surface area (Å²) in [5, 5.41) is 6.32. The van der Waals surface area contributed by atoms with E-state index in [0.29, 0.717) is 19.2 Å². The average Bonchev–Trinajstić information content (AvgIpc) is 2.96. The van der Waals surface area contributed by atoms with Gasteiger partial charge < -0.3 is 20.1 Å². The number of ether oxygens (including phenoxy) is 2. The van der Waals surface area contributed by atoms with Gasteiger partial charge in [-0.3, -0.25) is 4.99 Å². The van der Waals surface area contributed by atoms with Crippen LogP contribution in [0.3, 0.4) is 0 Å². The van der Waals surface area contributed by atoms with Gasteiger partial charge in [-0.2, -0.15) is 0 Å². The van der Waals surface area contributed by atoms with Gasteiger partial charge in [0.15, 0.2) is 15.8 Å². The zero-order valence-electron chi connectivity index (χ0n) is 15.1. The maximum Gasteiger partial charge on any atom is 0.191 e. The van der Waals surface area contributed by atoms with Crippen molar-refractivity contribution in [1.29, 1.82) is 0 Å². The van der Waals surface area contributed by atoms with Gasteiger partial charge in [0.05, 0.1) is 24.0 Å². The van der Waals surface area contributed by atoms with Gasteiger partial charge in [0, 0.05) is 32.6 Å². The molecular formula is C15H32IN3O4S. The Morgan fingerprint density at radius 1 is 1.38 bits per heavy atom. The molecule has 24 heavy (non-hydrogen) atoms. The predicted octanol–water partition coefficient (Wildman–Crippen LogP) is 1.18. The number of rotatable bonds is 9. The van der Waals surface area contributed by atoms with Crippen LogP contribution in [-0.2, 0) is 19.3 Å². The summed E-state index contributed by atoms with van der Waals surface area (Å²) in [6.07, 6.45) is 3.30. The van der Waals surface area contributed by atoms with Crippen LogP contribution in [0.15, 0.2) is 4.99 Å². The topological polar surface area (TPSA) is 89.0 Å². The molecule has 0 aromatic heterocycles. The van der Waals surface area contributed by atoms with Crippen LogP contribution in [0.2, 0.25) is 0 Å². The summed E-state index contributed by atoms with van der Waals surface area (Å²) >= 11 is 0. The van der Waals surface area contributed by atoms with Crippen LogP contribution in [0, 0.1) is 0 Å². The third kappa shape index (κ3) is 8.82. The lowest BCUT2D eigenvalue weighted by atomic mass is 10.2. The summed E-state index contributed by atoms with van der Waals surface area (Å²) in [6.45, 7) is 9.17. The molecule has 1 unspecified atom stereocenters.